The van der Waals surface area contributed by atoms with Gasteiger partial charge in [-0.25, -0.2) is 4.98 Å². The van der Waals surface area contributed by atoms with Crippen molar-refractivity contribution >= 4 is 0 Å². The molecule has 2 rings (SSSR count). The van der Waals surface area contributed by atoms with Crippen LogP contribution in [0.2, 0.25) is 0 Å². The van der Waals surface area contributed by atoms with Crippen LogP contribution in [0, 0.1) is 0 Å². The minimum atomic E-state index is -4.82. The molecule has 0 aliphatic rings. The Hall–Kier alpha value is -2.13. The van der Waals surface area contributed by atoms with Crippen molar-refractivity contribution in [1.82, 2.24) is 10.3 Å². The van der Waals surface area contributed by atoms with Gasteiger partial charge >= 0.3 is 12.4 Å². The van der Waals surface area contributed by atoms with Gasteiger partial charge < -0.3 is 10.4 Å². The molecule has 0 spiro atoms. The number of aliphatic hydroxyl groups excluding tert-OH is 1. The zero-order valence-electron chi connectivity index (χ0n) is 16.4. The Morgan fingerprint density at radius 2 is 1.57 bits per heavy atom. The van der Waals surface area contributed by atoms with Gasteiger partial charge in [0.1, 0.15) is 0 Å². The van der Waals surface area contributed by atoms with E-state index < -0.39 is 29.7 Å². The van der Waals surface area contributed by atoms with Crippen molar-refractivity contribution in [3.05, 3.63) is 53.2 Å². The second-order valence-corrected chi connectivity index (χ2v) is 6.99. The maximum Gasteiger partial charge on any atom is 0.433 e. The van der Waals surface area contributed by atoms with Crippen molar-refractivity contribution in [2.75, 3.05) is 13.1 Å². The Balaban J connectivity index is 2.19. The Labute approximate surface area is 171 Å². The predicted octanol–water partition coefficient (Wildman–Crippen LogP) is 5.99. The zero-order chi connectivity index (χ0) is 22.4. The van der Waals surface area contributed by atoms with Crippen LogP contribution in [0.25, 0.3) is 11.3 Å². The number of aliphatic hydroxyl groups is 1. The van der Waals surface area contributed by atoms with Crippen LogP contribution >= 0.6 is 0 Å². The molecule has 1 atom stereocenters. The number of aromatic nitrogens is 1. The highest BCUT2D eigenvalue weighted by Gasteiger charge is 2.37. The Kier molecular flexibility index (Phi) is 8.25. The summed E-state index contributed by atoms with van der Waals surface area (Å²) in [4.78, 5) is 3.60. The van der Waals surface area contributed by atoms with Crippen LogP contribution in [0.3, 0.4) is 0 Å². The summed E-state index contributed by atoms with van der Waals surface area (Å²) in [6, 6.07) is 6.09. The van der Waals surface area contributed by atoms with Crippen molar-refractivity contribution in [2.45, 2.75) is 51.1 Å². The second-order valence-electron chi connectivity index (χ2n) is 6.99. The van der Waals surface area contributed by atoms with E-state index in [0.29, 0.717) is 6.54 Å². The van der Waals surface area contributed by atoms with E-state index in [1.807, 2.05) is 0 Å². The maximum absolute atomic E-state index is 13.5. The Bertz CT molecular complexity index is 803. The molecule has 1 heterocycles. The highest BCUT2D eigenvalue weighted by Crippen LogP contribution is 2.36. The number of halogens is 6. The molecular formula is C21H24F6N2O. The minimum Gasteiger partial charge on any atom is -0.387 e. The average molecular weight is 434 g/mol. The van der Waals surface area contributed by atoms with Crippen molar-refractivity contribution < 1.29 is 31.4 Å². The van der Waals surface area contributed by atoms with Crippen LogP contribution in [0.15, 0.2) is 36.4 Å². The average Bonchev–Trinajstić information content (AvgIpc) is 2.69. The van der Waals surface area contributed by atoms with Crippen molar-refractivity contribution in [2.24, 2.45) is 0 Å². The number of nitrogens with one attached hydrogen (secondary N) is 1. The summed E-state index contributed by atoms with van der Waals surface area (Å²) in [6.07, 6.45) is -6.79. The molecule has 2 N–H and O–H groups in total. The van der Waals surface area contributed by atoms with Crippen molar-refractivity contribution in [1.29, 1.82) is 0 Å². The van der Waals surface area contributed by atoms with Gasteiger partial charge in [-0.1, -0.05) is 44.4 Å². The monoisotopic (exact) mass is 434 g/mol. The molecule has 30 heavy (non-hydrogen) atoms. The quantitative estimate of drug-likeness (QED) is 0.376. The fourth-order valence-corrected chi connectivity index (χ4v) is 2.98. The first kappa shape index (κ1) is 24.1. The van der Waals surface area contributed by atoms with E-state index >= 15 is 0 Å². The van der Waals surface area contributed by atoms with Crippen LogP contribution < -0.4 is 5.32 Å². The molecule has 0 radical (unpaired) electrons. The lowest BCUT2D eigenvalue weighted by Gasteiger charge is -2.18. The van der Waals surface area contributed by atoms with E-state index in [-0.39, 0.29) is 23.4 Å². The number of unbranched alkanes of at least 4 members (excludes halogenated alkanes) is 3. The molecule has 0 bridgehead atoms. The molecule has 2 aromatic rings. The van der Waals surface area contributed by atoms with Gasteiger partial charge in [0.2, 0.25) is 0 Å². The molecule has 0 aliphatic carbocycles. The van der Waals surface area contributed by atoms with Gasteiger partial charge in [0.05, 0.1) is 17.4 Å². The first-order valence-electron chi connectivity index (χ1n) is 9.68. The SMILES string of the molecule is CCCCCCNCC(O)c1ccc(-c2ccc(C(F)(F)F)cc2)nc1C(F)(F)F. The van der Waals surface area contributed by atoms with E-state index in [9.17, 15) is 31.4 Å². The van der Waals surface area contributed by atoms with Gasteiger partial charge in [0, 0.05) is 17.7 Å². The predicted molar refractivity (Wildman–Crippen MR) is 102 cm³/mol. The molecule has 1 unspecified atom stereocenters. The van der Waals surface area contributed by atoms with Gasteiger partial charge in [-0.2, -0.15) is 26.3 Å². The van der Waals surface area contributed by atoms with Crippen LogP contribution in [-0.4, -0.2) is 23.2 Å². The zero-order valence-corrected chi connectivity index (χ0v) is 16.4. The normalized spacial score (nSPS) is 13.5. The summed E-state index contributed by atoms with van der Waals surface area (Å²) >= 11 is 0. The molecule has 0 amide bonds. The molecule has 0 aliphatic heterocycles. The number of rotatable bonds is 9. The molecule has 9 heteroatoms. The molecule has 0 fully saturated rings. The number of alkyl halides is 6. The topological polar surface area (TPSA) is 45.1 Å². The maximum atomic E-state index is 13.5. The van der Waals surface area contributed by atoms with E-state index in [1.165, 1.54) is 6.07 Å². The van der Waals surface area contributed by atoms with Crippen molar-refractivity contribution in [3.8, 4) is 11.3 Å². The largest absolute Gasteiger partial charge is 0.433 e. The molecule has 1 aromatic heterocycles. The number of hydrogen-bond donors (Lipinski definition) is 2. The number of nitrogens with zero attached hydrogens (tertiary/aromatic N) is 1. The third-order valence-electron chi connectivity index (χ3n) is 4.61. The highest BCUT2D eigenvalue weighted by molar-refractivity contribution is 5.60. The lowest BCUT2D eigenvalue weighted by molar-refractivity contribution is -0.142. The fraction of sp³-hybridized carbons (Fsp3) is 0.476. The lowest BCUT2D eigenvalue weighted by atomic mass is 10.0. The third kappa shape index (κ3) is 6.70. The third-order valence-corrected chi connectivity index (χ3v) is 4.61. The number of hydrogen-bond acceptors (Lipinski definition) is 3. The van der Waals surface area contributed by atoms with Crippen LogP contribution in [0.5, 0.6) is 0 Å². The molecule has 1 aromatic carbocycles. The van der Waals surface area contributed by atoms with E-state index in [1.54, 1.807) is 0 Å². The van der Waals surface area contributed by atoms with Crippen LogP contribution in [0.4, 0.5) is 26.3 Å². The van der Waals surface area contributed by atoms with E-state index in [4.69, 9.17) is 0 Å². The van der Waals surface area contributed by atoms with Gasteiger partial charge in [0.15, 0.2) is 5.69 Å². The summed E-state index contributed by atoms with van der Waals surface area (Å²) in [5.74, 6) is 0. The molecule has 166 valence electrons. The number of pyridine rings is 1. The summed E-state index contributed by atoms with van der Waals surface area (Å²) in [6.45, 7) is 2.59. The Morgan fingerprint density at radius 3 is 2.13 bits per heavy atom. The summed E-state index contributed by atoms with van der Waals surface area (Å²) < 4.78 is 78.6. The van der Waals surface area contributed by atoms with Crippen molar-refractivity contribution in [3.63, 3.8) is 0 Å². The summed E-state index contributed by atoms with van der Waals surface area (Å²) in [5, 5.41) is 13.2. The summed E-state index contributed by atoms with van der Waals surface area (Å²) in [7, 11) is 0. The van der Waals surface area contributed by atoms with Gasteiger partial charge in [0.25, 0.3) is 0 Å². The number of benzene rings is 1. The molecule has 3 nitrogen and oxygen atoms in total. The standard InChI is InChI=1S/C21H24F6N2O/c1-2-3-4-5-12-28-13-18(30)16-10-11-17(29-19(16)21(25,26)27)14-6-8-15(9-7-14)20(22,23)24/h6-11,18,28,30H,2-5,12-13H2,1H3. The van der Waals surface area contributed by atoms with Crippen LogP contribution in [0.1, 0.15) is 55.5 Å². The minimum absolute atomic E-state index is 0.0590. The highest BCUT2D eigenvalue weighted by atomic mass is 19.4. The Morgan fingerprint density at radius 1 is 0.900 bits per heavy atom. The van der Waals surface area contributed by atoms with Gasteiger partial charge in [-0.3, -0.25) is 0 Å². The lowest BCUT2D eigenvalue weighted by Crippen LogP contribution is -2.25. The molecule has 0 saturated heterocycles. The van der Waals surface area contributed by atoms with Gasteiger partial charge in [-0.05, 0) is 31.2 Å². The van der Waals surface area contributed by atoms with E-state index in [0.717, 1.165) is 56.0 Å². The fourth-order valence-electron chi connectivity index (χ4n) is 2.98. The van der Waals surface area contributed by atoms with Crippen LogP contribution in [-0.2, 0) is 12.4 Å². The second kappa shape index (κ2) is 10.3. The molecule has 0 saturated carbocycles. The first-order chi connectivity index (χ1) is 14.0. The first-order valence-corrected chi connectivity index (χ1v) is 9.68. The van der Waals surface area contributed by atoms with Gasteiger partial charge in [-0.15, -0.1) is 0 Å². The summed E-state index contributed by atoms with van der Waals surface area (Å²) in [5.41, 5.74) is -2.54. The molecular weight excluding hydrogens is 410 g/mol. The smallest absolute Gasteiger partial charge is 0.387 e. The van der Waals surface area contributed by atoms with E-state index in [2.05, 4.69) is 17.2 Å².